The third kappa shape index (κ3) is 4.64. The number of hydrogen-bond acceptors (Lipinski definition) is 4. The number of fused-ring (bicyclic) bond motifs is 1. The molecule has 0 N–H and O–H groups in total. The Morgan fingerprint density at radius 3 is 2.83 bits per heavy atom. The molecule has 0 spiro atoms. The Bertz CT molecular complexity index is 610. The van der Waals surface area contributed by atoms with Crippen molar-refractivity contribution < 1.29 is 9.53 Å². The number of aryl methyl sites for hydroxylation is 1. The molecule has 2 rings (SSSR count). The third-order valence-electron chi connectivity index (χ3n) is 4.16. The van der Waals surface area contributed by atoms with Crippen molar-refractivity contribution in [2.45, 2.75) is 52.7 Å². The second kappa shape index (κ2) is 7.73. The fraction of sp³-hybridized carbons (Fsp3) is 0.706. The highest BCUT2D eigenvalue weighted by Crippen LogP contribution is 2.14. The van der Waals surface area contributed by atoms with Crippen molar-refractivity contribution in [2.75, 3.05) is 13.2 Å². The second-order valence-corrected chi connectivity index (χ2v) is 6.71. The van der Waals surface area contributed by atoms with Gasteiger partial charge in [-0.15, -0.1) is 0 Å². The minimum atomic E-state index is -0.00653. The van der Waals surface area contributed by atoms with E-state index < -0.39 is 0 Å². The zero-order chi connectivity index (χ0) is 17.0. The summed E-state index contributed by atoms with van der Waals surface area (Å²) in [5.41, 5.74) is 1.45. The normalized spacial score (nSPS) is 15.6. The van der Waals surface area contributed by atoms with Gasteiger partial charge in [0.15, 0.2) is 0 Å². The Kier molecular flexibility index (Phi) is 5.93. The van der Waals surface area contributed by atoms with E-state index in [1.54, 1.807) is 11.9 Å². The summed E-state index contributed by atoms with van der Waals surface area (Å²) in [5.74, 6) is 0.655. The van der Waals surface area contributed by atoms with Crippen LogP contribution in [0.25, 0.3) is 0 Å². The molecule has 2 heterocycles. The van der Waals surface area contributed by atoms with E-state index in [1.807, 2.05) is 6.92 Å². The van der Waals surface area contributed by atoms with Crippen LogP contribution in [0.3, 0.4) is 0 Å². The molecule has 1 aromatic rings. The molecular weight excluding hydrogens is 294 g/mol. The molecule has 1 amide bonds. The first kappa shape index (κ1) is 17.7. The highest BCUT2D eigenvalue weighted by molar-refractivity contribution is 5.76. The van der Waals surface area contributed by atoms with Crippen molar-refractivity contribution in [2.24, 2.45) is 13.0 Å². The number of carbonyl (C=O) groups excluding carboxylic acids is 1. The number of ether oxygens (including phenoxy) is 1. The van der Waals surface area contributed by atoms with Gasteiger partial charge in [-0.05, 0) is 25.7 Å². The first-order valence-corrected chi connectivity index (χ1v) is 8.31. The minimum absolute atomic E-state index is 0.00653. The Morgan fingerprint density at radius 1 is 1.39 bits per heavy atom. The molecule has 1 aromatic heterocycles. The van der Waals surface area contributed by atoms with Crippen molar-refractivity contribution >= 4 is 5.91 Å². The zero-order valence-corrected chi connectivity index (χ0v) is 14.5. The molecule has 0 bridgehead atoms. The Hall–Kier alpha value is -1.69. The summed E-state index contributed by atoms with van der Waals surface area (Å²) in [7, 11) is 1.70. The van der Waals surface area contributed by atoms with Gasteiger partial charge in [0.25, 0.3) is 5.56 Å². The molecule has 6 heteroatoms. The molecule has 0 aliphatic carbocycles. The molecule has 128 valence electrons. The lowest BCUT2D eigenvalue weighted by atomic mass is 10.1. The third-order valence-corrected chi connectivity index (χ3v) is 4.16. The van der Waals surface area contributed by atoms with Gasteiger partial charge in [-0.25, -0.2) is 4.98 Å². The summed E-state index contributed by atoms with van der Waals surface area (Å²) in [5, 5.41) is 0. The predicted octanol–water partition coefficient (Wildman–Crippen LogP) is 1.51. The van der Waals surface area contributed by atoms with Gasteiger partial charge in [-0.1, -0.05) is 13.8 Å². The molecule has 6 nitrogen and oxygen atoms in total. The number of carbonyl (C=O) groups is 1. The van der Waals surface area contributed by atoms with Gasteiger partial charge >= 0.3 is 0 Å². The number of amides is 1. The SMILES string of the molecule is CC(C)CC(C)OCCC(=O)N1CCc2c(ncn(C)c2=O)C1. The number of hydrogen-bond donors (Lipinski definition) is 0. The van der Waals surface area contributed by atoms with Crippen LogP contribution in [0.4, 0.5) is 0 Å². The van der Waals surface area contributed by atoms with Crippen molar-refractivity contribution in [1.82, 2.24) is 14.5 Å². The minimum Gasteiger partial charge on any atom is -0.378 e. The van der Waals surface area contributed by atoms with E-state index in [4.69, 9.17) is 4.74 Å². The van der Waals surface area contributed by atoms with Gasteiger partial charge in [-0.3, -0.25) is 9.59 Å². The van der Waals surface area contributed by atoms with E-state index in [0.717, 1.165) is 17.7 Å². The van der Waals surface area contributed by atoms with E-state index in [-0.39, 0.29) is 17.6 Å². The van der Waals surface area contributed by atoms with Crippen LogP contribution >= 0.6 is 0 Å². The lowest BCUT2D eigenvalue weighted by molar-refractivity contribution is -0.133. The van der Waals surface area contributed by atoms with Crippen LogP contribution in [0.1, 0.15) is 44.9 Å². The van der Waals surface area contributed by atoms with E-state index in [0.29, 0.717) is 38.5 Å². The molecular formula is C17H27N3O3. The fourth-order valence-corrected chi connectivity index (χ4v) is 2.97. The molecule has 1 aliphatic rings. The van der Waals surface area contributed by atoms with Crippen molar-refractivity contribution in [1.29, 1.82) is 0 Å². The molecule has 0 saturated carbocycles. The Balaban J connectivity index is 1.85. The van der Waals surface area contributed by atoms with Crippen molar-refractivity contribution in [3.05, 3.63) is 27.9 Å². The van der Waals surface area contributed by atoms with E-state index >= 15 is 0 Å². The predicted molar refractivity (Wildman–Crippen MR) is 88.1 cm³/mol. The number of rotatable bonds is 6. The number of aromatic nitrogens is 2. The smallest absolute Gasteiger partial charge is 0.256 e. The topological polar surface area (TPSA) is 64.4 Å². The molecule has 0 radical (unpaired) electrons. The monoisotopic (exact) mass is 321 g/mol. The van der Waals surface area contributed by atoms with Crippen LogP contribution < -0.4 is 5.56 Å². The first-order chi connectivity index (χ1) is 10.9. The van der Waals surface area contributed by atoms with Gasteiger partial charge in [0, 0.05) is 19.2 Å². The standard InChI is InChI=1S/C17H27N3O3/c1-12(2)9-13(3)23-8-6-16(21)20-7-5-14-15(10-20)18-11-19(4)17(14)22/h11-13H,5-10H2,1-4H3. The summed E-state index contributed by atoms with van der Waals surface area (Å²) in [6.45, 7) is 7.81. The van der Waals surface area contributed by atoms with Crippen LogP contribution in [-0.4, -0.2) is 39.6 Å². The number of nitrogens with zero attached hydrogens (tertiary/aromatic N) is 3. The molecule has 1 unspecified atom stereocenters. The molecule has 0 saturated heterocycles. The van der Waals surface area contributed by atoms with Gasteiger partial charge < -0.3 is 14.2 Å². The van der Waals surface area contributed by atoms with Gasteiger partial charge in [0.2, 0.25) is 5.91 Å². The Labute approximate surface area is 137 Å². The summed E-state index contributed by atoms with van der Waals surface area (Å²) < 4.78 is 7.19. The van der Waals surface area contributed by atoms with Crippen molar-refractivity contribution in [3.8, 4) is 0 Å². The van der Waals surface area contributed by atoms with Crippen LogP contribution in [-0.2, 0) is 29.5 Å². The fourth-order valence-electron chi connectivity index (χ4n) is 2.97. The van der Waals surface area contributed by atoms with Crippen LogP contribution in [0.5, 0.6) is 0 Å². The van der Waals surface area contributed by atoms with Crippen LogP contribution in [0, 0.1) is 5.92 Å². The van der Waals surface area contributed by atoms with E-state index in [2.05, 4.69) is 18.8 Å². The lowest BCUT2D eigenvalue weighted by Crippen LogP contribution is -2.40. The summed E-state index contributed by atoms with van der Waals surface area (Å²) >= 11 is 0. The maximum atomic E-state index is 12.3. The molecule has 23 heavy (non-hydrogen) atoms. The molecule has 0 fully saturated rings. The first-order valence-electron chi connectivity index (χ1n) is 8.31. The largest absolute Gasteiger partial charge is 0.378 e. The molecule has 0 aromatic carbocycles. The summed E-state index contributed by atoms with van der Waals surface area (Å²) in [4.78, 5) is 30.4. The van der Waals surface area contributed by atoms with E-state index in [9.17, 15) is 9.59 Å². The highest BCUT2D eigenvalue weighted by Gasteiger charge is 2.23. The average Bonchev–Trinajstić information content (AvgIpc) is 2.50. The lowest BCUT2D eigenvalue weighted by Gasteiger charge is -2.28. The highest BCUT2D eigenvalue weighted by atomic mass is 16.5. The second-order valence-electron chi connectivity index (χ2n) is 6.71. The van der Waals surface area contributed by atoms with Gasteiger partial charge in [0.1, 0.15) is 0 Å². The van der Waals surface area contributed by atoms with Gasteiger partial charge in [-0.2, -0.15) is 0 Å². The van der Waals surface area contributed by atoms with Crippen LogP contribution in [0.15, 0.2) is 11.1 Å². The molecule has 1 atom stereocenters. The summed E-state index contributed by atoms with van der Waals surface area (Å²) in [6, 6.07) is 0. The van der Waals surface area contributed by atoms with Crippen molar-refractivity contribution in [3.63, 3.8) is 0 Å². The summed E-state index contributed by atoms with van der Waals surface area (Å²) in [6.07, 6.45) is 3.65. The quantitative estimate of drug-likeness (QED) is 0.796. The maximum absolute atomic E-state index is 12.3. The zero-order valence-electron chi connectivity index (χ0n) is 14.5. The van der Waals surface area contributed by atoms with Gasteiger partial charge in [0.05, 0.1) is 37.7 Å². The molecule has 1 aliphatic heterocycles. The van der Waals surface area contributed by atoms with Crippen LogP contribution in [0.2, 0.25) is 0 Å². The Morgan fingerprint density at radius 2 is 2.13 bits per heavy atom. The van der Waals surface area contributed by atoms with E-state index in [1.165, 1.54) is 10.9 Å². The average molecular weight is 321 g/mol. The maximum Gasteiger partial charge on any atom is 0.256 e.